The van der Waals surface area contributed by atoms with E-state index in [9.17, 15) is 9.18 Å². The van der Waals surface area contributed by atoms with Gasteiger partial charge in [0.05, 0.1) is 0 Å². The standard InChI is InChI=1S/C16H18FN3O/c17-13-2-1-3-14(8-13)19-15(21)10-20-7-6-12(9-20)16(18)11-4-5-11/h1-3,6-9,11,16H,4-5,10,18H2,(H,19,21). The number of nitrogens with one attached hydrogen (secondary N) is 1. The molecule has 1 amide bonds. The van der Waals surface area contributed by atoms with Crippen LogP contribution in [0.15, 0.2) is 42.7 Å². The summed E-state index contributed by atoms with van der Waals surface area (Å²) in [6, 6.07) is 7.88. The number of halogens is 1. The number of nitrogens with zero attached hydrogens (tertiary/aromatic N) is 1. The zero-order valence-corrected chi connectivity index (χ0v) is 11.6. The van der Waals surface area contributed by atoms with Crippen LogP contribution in [0.5, 0.6) is 0 Å². The second kappa shape index (κ2) is 5.69. The minimum absolute atomic E-state index is 0.0672. The number of benzene rings is 1. The van der Waals surface area contributed by atoms with E-state index in [1.54, 1.807) is 16.7 Å². The summed E-state index contributed by atoms with van der Waals surface area (Å²) in [5.74, 6) is 0.0242. The zero-order valence-electron chi connectivity index (χ0n) is 11.6. The maximum absolute atomic E-state index is 13.0. The topological polar surface area (TPSA) is 60.0 Å². The zero-order chi connectivity index (χ0) is 14.8. The molecule has 1 atom stereocenters. The lowest BCUT2D eigenvalue weighted by Crippen LogP contribution is -2.18. The Morgan fingerprint density at radius 2 is 2.24 bits per heavy atom. The van der Waals surface area contributed by atoms with Gasteiger partial charge >= 0.3 is 0 Å². The monoisotopic (exact) mass is 287 g/mol. The first-order chi connectivity index (χ1) is 10.1. The fraction of sp³-hybridized carbons (Fsp3) is 0.312. The van der Waals surface area contributed by atoms with E-state index >= 15 is 0 Å². The van der Waals surface area contributed by atoms with Gasteiger partial charge in [0.2, 0.25) is 5.91 Å². The number of aromatic nitrogens is 1. The third-order valence-corrected chi connectivity index (χ3v) is 3.72. The van der Waals surface area contributed by atoms with E-state index in [0.717, 1.165) is 5.56 Å². The second-order valence-corrected chi connectivity index (χ2v) is 5.54. The summed E-state index contributed by atoms with van der Waals surface area (Å²) in [4.78, 5) is 11.9. The molecule has 1 aromatic heterocycles. The number of hydrogen-bond donors (Lipinski definition) is 2. The number of carbonyl (C=O) groups excluding carboxylic acids is 1. The van der Waals surface area contributed by atoms with E-state index in [0.29, 0.717) is 11.6 Å². The van der Waals surface area contributed by atoms with Gasteiger partial charge in [-0.05, 0) is 48.6 Å². The van der Waals surface area contributed by atoms with Gasteiger partial charge in [-0.2, -0.15) is 0 Å². The van der Waals surface area contributed by atoms with Crippen LogP contribution in [0.1, 0.15) is 24.4 Å². The Morgan fingerprint density at radius 3 is 2.95 bits per heavy atom. The highest BCUT2D eigenvalue weighted by Gasteiger charge is 2.29. The van der Waals surface area contributed by atoms with Gasteiger partial charge in [0.1, 0.15) is 12.4 Å². The van der Waals surface area contributed by atoms with Crippen LogP contribution in [0.25, 0.3) is 0 Å². The van der Waals surface area contributed by atoms with Crippen LogP contribution in [-0.4, -0.2) is 10.5 Å². The number of rotatable bonds is 5. The molecule has 1 heterocycles. The number of amides is 1. The maximum atomic E-state index is 13.0. The largest absolute Gasteiger partial charge is 0.345 e. The van der Waals surface area contributed by atoms with Crippen molar-refractivity contribution >= 4 is 11.6 Å². The molecule has 0 saturated heterocycles. The van der Waals surface area contributed by atoms with Crippen LogP contribution in [0.3, 0.4) is 0 Å². The van der Waals surface area contributed by atoms with Crippen LogP contribution in [-0.2, 0) is 11.3 Å². The summed E-state index contributed by atoms with van der Waals surface area (Å²) in [5.41, 5.74) is 7.66. The van der Waals surface area contributed by atoms with E-state index in [2.05, 4.69) is 5.32 Å². The molecule has 1 aliphatic carbocycles. The van der Waals surface area contributed by atoms with E-state index in [-0.39, 0.29) is 24.3 Å². The molecule has 3 rings (SSSR count). The van der Waals surface area contributed by atoms with Gasteiger partial charge in [0.15, 0.2) is 0 Å². The molecule has 0 aliphatic heterocycles. The molecule has 0 radical (unpaired) electrons. The molecule has 1 fully saturated rings. The van der Waals surface area contributed by atoms with Gasteiger partial charge in [-0.15, -0.1) is 0 Å². The smallest absolute Gasteiger partial charge is 0.244 e. The van der Waals surface area contributed by atoms with Crippen LogP contribution >= 0.6 is 0 Å². The number of carbonyl (C=O) groups is 1. The Hall–Kier alpha value is -2.14. The lowest BCUT2D eigenvalue weighted by Gasteiger charge is -2.08. The quantitative estimate of drug-likeness (QED) is 0.888. The molecule has 0 bridgehead atoms. The molecule has 21 heavy (non-hydrogen) atoms. The Labute approximate surface area is 122 Å². The van der Waals surface area contributed by atoms with Crippen LogP contribution in [0.2, 0.25) is 0 Å². The van der Waals surface area contributed by atoms with Crippen molar-refractivity contribution < 1.29 is 9.18 Å². The summed E-state index contributed by atoms with van der Waals surface area (Å²) in [6.07, 6.45) is 6.13. The van der Waals surface area contributed by atoms with Crippen LogP contribution in [0.4, 0.5) is 10.1 Å². The summed E-state index contributed by atoms with van der Waals surface area (Å²) >= 11 is 0. The van der Waals surface area contributed by atoms with Crippen LogP contribution in [0, 0.1) is 11.7 Å². The Balaban J connectivity index is 1.59. The van der Waals surface area contributed by atoms with Gasteiger partial charge in [-0.1, -0.05) is 6.07 Å². The average molecular weight is 287 g/mol. The highest BCUT2D eigenvalue weighted by atomic mass is 19.1. The molecule has 1 unspecified atom stereocenters. The first-order valence-electron chi connectivity index (χ1n) is 7.08. The third kappa shape index (κ3) is 3.49. The molecule has 1 saturated carbocycles. The van der Waals surface area contributed by atoms with Crippen molar-refractivity contribution in [1.82, 2.24) is 4.57 Å². The lowest BCUT2D eigenvalue weighted by molar-refractivity contribution is -0.116. The van der Waals surface area contributed by atoms with Gasteiger partial charge in [-0.25, -0.2) is 4.39 Å². The van der Waals surface area contributed by atoms with Crippen molar-refractivity contribution in [3.8, 4) is 0 Å². The van der Waals surface area contributed by atoms with Crippen molar-refractivity contribution in [2.75, 3.05) is 5.32 Å². The fourth-order valence-corrected chi connectivity index (χ4v) is 2.41. The molecule has 5 heteroatoms. The first kappa shape index (κ1) is 13.8. The summed E-state index contributed by atoms with van der Waals surface area (Å²) in [5, 5.41) is 2.67. The maximum Gasteiger partial charge on any atom is 0.244 e. The van der Waals surface area contributed by atoms with Crippen molar-refractivity contribution in [2.45, 2.75) is 25.4 Å². The fourth-order valence-electron chi connectivity index (χ4n) is 2.41. The van der Waals surface area contributed by atoms with E-state index < -0.39 is 0 Å². The van der Waals surface area contributed by atoms with Gasteiger partial charge in [-0.3, -0.25) is 4.79 Å². The van der Waals surface area contributed by atoms with Crippen LogP contribution < -0.4 is 11.1 Å². The molecule has 3 N–H and O–H groups in total. The van der Waals surface area contributed by atoms with Crippen molar-refractivity contribution in [2.24, 2.45) is 11.7 Å². The predicted molar refractivity (Wildman–Crippen MR) is 79.1 cm³/mol. The Kier molecular flexibility index (Phi) is 3.75. The molecular weight excluding hydrogens is 269 g/mol. The van der Waals surface area contributed by atoms with Crippen molar-refractivity contribution in [3.63, 3.8) is 0 Å². The number of anilines is 1. The minimum atomic E-state index is -0.369. The van der Waals surface area contributed by atoms with Crippen molar-refractivity contribution in [3.05, 3.63) is 54.1 Å². The minimum Gasteiger partial charge on any atom is -0.345 e. The summed E-state index contributed by atoms with van der Waals surface area (Å²) in [7, 11) is 0. The predicted octanol–water partition coefficient (Wildman–Crippen LogP) is 2.68. The highest BCUT2D eigenvalue weighted by molar-refractivity contribution is 5.90. The summed E-state index contributed by atoms with van der Waals surface area (Å²) in [6.45, 7) is 0.188. The Bertz CT molecular complexity index is 648. The van der Waals surface area contributed by atoms with E-state index in [1.807, 2.05) is 18.5 Å². The van der Waals surface area contributed by atoms with Crippen molar-refractivity contribution in [1.29, 1.82) is 0 Å². The molecule has 1 aromatic carbocycles. The van der Waals surface area contributed by atoms with Gasteiger partial charge in [0.25, 0.3) is 0 Å². The molecule has 110 valence electrons. The average Bonchev–Trinajstić information content (AvgIpc) is 3.18. The lowest BCUT2D eigenvalue weighted by atomic mass is 10.1. The molecular formula is C16H18FN3O. The molecule has 0 spiro atoms. The second-order valence-electron chi connectivity index (χ2n) is 5.54. The molecule has 2 aromatic rings. The molecule has 1 aliphatic rings. The van der Waals surface area contributed by atoms with E-state index in [4.69, 9.17) is 5.73 Å². The van der Waals surface area contributed by atoms with Gasteiger partial charge in [0, 0.05) is 24.1 Å². The molecule has 4 nitrogen and oxygen atoms in total. The first-order valence-corrected chi connectivity index (χ1v) is 7.08. The normalized spacial score (nSPS) is 15.7. The van der Waals surface area contributed by atoms with E-state index in [1.165, 1.54) is 25.0 Å². The SMILES string of the molecule is NC(c1ccn(CC(=O)Nc2cccc(F)c2)c1)C1CC1. The third-order valence-electron chi connectivity index (χ3n) is 3.72. The van der Waals surface area contributed by atoms with Gasteiger partial charge < -0.3 is 15.6 Å². The number of nitrogens with two attached hydrogens (primary N) is 1. The summed E-state index contributed by atoms with van der Waals surface area (Å²) < 4.78 is 14.8. The highest BCUT2D eigenvalue weighted by Crippen LogP contribution is 2.39. The Morgan fingerprint density at radius 1 is 1.43 bits per heavy atom. The number of hydrogen-bond acceptors (Lipinski definition) is 2.